The van der Waals surface area contributed by atoms with Crippen molar-refractivity contribution in [2.75, 3.05) is 40.0 Å². The Morgan fingerprint density at radius 3 is 2.27 bits per heavy atom. The van der Waals surface area contributed by atoms with E-state index in [9.17, 15) is 8.42 Å². The van der Waals surface area contributed by atoms with Crippen LogP contribution in [-0.4, -0.2) is 57.6 Å². The standard InChI is InChI=1S/C9H19N3O2S/c1-11(2)7-8-12(3)15(13,14)9-5-4-6-10/h4-5,7-9H2,1-3H3. The Balaban J connectivity index is 4.04. The molecule has 6 heteroatoms. The molecular weight excluding hydrogens is 214 g/mol. The Kier molecular flexibility index (Phi) is 6.48. The van der Waals surface area contributed by atoms with Gasteiger partial charge in [0.05, 0.1) is 11.8 Å². The molecule has 0 heterocycles. The van der Waals surface area contributed by atoms with Gasteiger partial charge in [-0.05, 0) is 20.5 Å². The minimum atomic E-state index is -3.17. The molecule has 0 bridgehead atoms. The van der Waals surface area contributed by atoms with Crippen LogP contribution >= 0.6 is 0 Å². The van der Waals surface area contributed by atoms with Gasteiger partial charge in [-0.3, -0.25) is 0 Å². The highest BCUT2D eigenvalue weighted by atomic mass is 32.2. The van der Waals surface area contributed by atoms with Crippen LogP contribution in [0.4, 0.5) is 0 Å². The molecule has 0 aliphatic heterocycles. The van der Waals surface area contributed by atoms with Gasteiger partial charge in [-0.15, -0.1) is 0 Å². The predicted octanol–water partition coefficient (Wildman–Crippen LogP) is 0.113. The summed E-state index contributed by atoms with van der Waals surface area (Å²) in [6.07, 6.45) is 0.700. The summed E-state index contributed by atoms with van der Waals surface area (Å²) in [4.78, 5) is 1.93. The first-order chi connectivity index (χ1) is 6.90. The summed E-state index contributed by atoms with van der Waals surface area (Å²) in [5.74, 6) is 0.0600. The van der Waals surface area contributed by atoms with Gasteiger partial charge in [0.25, 0.3) is 0 Å². The highest BCUT2D eigenvalue weighted by Gasteiger charge is 2.16. The van der Waals surface area contributed by atoms with E-state index in [1.165, 1.54) is 4.31 Å². The SMILES string of the molecule is CN(C)CCN(C)S(=O)(=O)CCCC#N. The summed E-state index contributed by atoms with van der Waals surface area (Å²) in [5, 5.41) is 8.31. The molecule has 0 radical (unpaired) electrons. The van der Waals surface area contributed by atoms with E-state index in [1.807, 2.05) is 25.1 Å². The van der Waals surface area contributed by atoms with Crippen LogP contribution in [0.5, 0.6) is 0 Å². The third-order valence-corrected chi connectivity index (χ3v) is 3.96. The first kappa shape index (κ1) is 14.4. The molecule has 0 unspecified atom stereocenters. The second-order valence-corrected chi connectivity index (χ2v) is 5.90. The van der Waals surface area contributed by atoms with Crippen molar-refractivity contribution in [2.24, 2.45) is 0 Å². The number of hydrogen-bond donors (Lipinski definition) is 0. The van der Waals surface area contributed by atoms with E-state index in [1.54, 1.807) is 7.05 Å². The zero-order chi connectivity index (χ0) is 11.9. The number of nitriles is 1. The molecule has 0 saturated carbocycles. The molecular formula is C9H19N3O2S. The van der Waals surface area contributed by atoms with Crippen molar-refractivity contribution in [1.29, 1.82) is 5.26 Å². The molecule has 0 rings (SSSR count). The number of unbranched alkanes of at least 4 members (excludes halogenated alkanes) is 1. The molecule has 0 fully saturated rings. The van der Waals surface area contributed by atoms with Gasteiger partial charge in [0.15, 0.2) is 0 Å². The van der Waals surface area contributed by atoms with Crippen molar-refractivity contribution in [3.63, 3.8) is 0 Å². The summed E-state index contributed by atoms with van der Waals surface area (Å²) < 4.78 is 24.6. The summed E-state index contributed by atoms with van der Waals surface area (Å²) in [6.45, 7) is 1.19. The first-order valence-electron chi connectivity index (χ1n) is 4.86. The zero-order valence-corrected chi connectivity index (χ0v) is 10.4. The normalized spacial score (nSPS) is 12.0. The molecule has 0 aromatic heterocycles. The van der Waals surface area contributed by atoms with Gasteiger partial charge < -0.3 is 4.90 Å². The Bertz CT molecular complexity index is 306. The smallest absolute Gasteiger partial charge is 0.213 e. The number of rotatable bonds is 7. The molecule has 0 amide bonds. The maximum atomic E-state index is 11.6. The molecule has 5 nitrogen and oxygen atoms in total. The van der Waals surface area contributed by atoms with Crippen molar-refractivity contribution in [2.45, 2.75) is 12.8 Å². The quantitative estimate of drug-likeness (QED) is 0.586. The summed E-state index contributed by atoms with van der Waals surface area (Å²) >= 11 is 0. The van der Waals surface area contributed by atoms with E-state index in [4.69, 9.17) is 5.26 Å². The molecule has 0 spiro atoms. The van der Waals surface area contributed by atoms with E-state index in [2.05, 4.69) is 0 Å². The molecule has 0 aromatic rings. The Morgan fingerprint density at radius 1 is 1.20 bits per heavy atom. The maximum absolute atomic E-state index is 11.6. The lowest BCUT2D eigenvalue weighted by Gasteiger charge is -2.19. The Hall–Kier alpha value is -0.640. The van der Waals surface area contributed by atoms with Crippen molar-refractivity contribution in [3.8, 4) is 6.07 Å². The van der Waals surface area contributed by atoms with Crippen LogP contribution in [0.1, 0.15) is 12.8 Å². The Labute approximate surface area is 92.3 Å². The van der Waals surface area contributed by atoms with Crippen LogP contribution in [-0.2, 0) is 10.0 Å². The summed E-state index contributed by atoms with van der Waals surface area (Å²) in [5.41, 5.74) is 0. The van der Waals surface area contributed by atoms with Gasteiger partial charge in [-0.25, -0.2) is 12.7 Å². The molecule has 88 valence electrons. The van der Waals surface area contributed by atoms with E-state index < -0.39 is 10.0 Å². The second kappa shape index (κ2) is 6.77. The zero-order valence-electron chi connectivity index (χ0n) is 9.60. The average molecular weight is 233 g/mol. The lowest BCUT2D eigenvalue weighted by molar-refractivity contribution is 0.358. The highest BCUT2D eigenvalue weighted by molar-refractivity contribution is 7.89. The van der Waals surface area contributed by atoms with Crippen LogP contribution in [0.25, 0.3) is 0 Å². The van der Waals surface area contributed by atoms with Gasteiger partial charge >= 0.3 is 0 Å². The number of nitrogens with zero attached hydrogens (tertiary/aromatic N) is 3. The van der Waals surface area contributed by atoms with E-state index in [-0.39, 0.29) is 5.75 Å². The number of hydrogen-bond acceptors (Lipinski definition) is 4. The van der Waals surface area contributed by atoms with Gasteiger partial charge in [0.2, 0.25) is 10.0 Å². The Morgan fingerprint density at radius 2 is 1.80 bits per heavy atom. The molecule has 0 saturated heterocycles. The van der Waals surface area contributed by atoms with Gasteiger partial charge in [-0.1, -0.05) is 0 Å². The van der Waals surface area contributed by atoms with Gasteiger partial charge in [0, 0.05) is 26.6 Å². The molecule has 0 atom stereocenters. The summed E-state index contributed by atoms with van der Waals surface area (Å²) in [6, 6.07) is 1.94. The fourth-order valence-corrected chi connectivity index (χ4v) is 2.15. The third kappa shape index (κ3) is 6.44. The van der Waals surface area contributed by atoms with Crippen LogP contribution < -0.4 is 0 Å². The fourth-order valence-electron chi connectivity index (χ4n) is 0.969. The van der Waals surface area contributed by atoms with Crippen LogP contribution in [0.2, 0.25) is 0 Å². The average Bonchev–Trinajstić information content (AvgIpc) is 2.14. The van der Waals surface area contributed by atoms with Crippen molar-refractivity contribution in [1.82, 2.24) is 9.21 Å². The molecule has 0 aromatic carbocycles. The highest BCUT2D eigenvalue weighted by Crippen LogP contribution is 2.01. The van der Waals surface area contributed by atoms with Crippen molar-refractivity contribution >= 4 is 10.0 Å². The largest absolute Gasteiger partial charge is 0.308 e. The monoisotopic (exact) mass is 233 g/mol. The van der Waals surface area contributed by atoms with Gasteiger partial charge in [0.1, 0.15) is 0 Å². The first-order valence-corrected chi connectivity index (χ1v) is 6.47. The second-order valence-electron chi connectivity index (χ2n) is 3.70. The van der Waals surface area contributed by atoms with Crippen LogP contribution in [0.15, 0.2) is 0 Å². The lowest BCUT2D eigenvalue weighted by Crippen LogP contribution is -2.34. The molecule has 15 heavy (non-hydrogen) atoms. The lowest BCUT2D eigenvalue weighted by atomic mass is 10.4. The third-order valence-electron chi connectivity index (χ3n) is 2.03. The van der Waals surface area contributed by atoms with Gasteiger partial charge in [-0.2, -0.15) is 5.26 Å². The predicted molar refractivity (Wildman–Crippen MR) is 59.8 cm³/mol. The van der Waals surface area contributed by atoms with E-state index in [0.717, 1.165) is 0 Å². The van der Waals surface area contributed by atoms with Crippen LogP contribution in [0, 0.1) is 11.3 Å². The van der Waals surface area contributed by atoms with Crippen molar-refractivity contribution < 1.29 is 8.42 Å². The molecule has 0 aliphatic rings. The van der Waals surface area contributed by atoms with Crippen molar-refractivity contribution in [3.05, 3.63) is 0 Å². The molecule has 0 aliphatic carbocycles. The van der Waals surface area contributed by atoms with E-state index >= 15 is 0 Å². The minimum absolute atomic E-state index is 0.0600. The maximum Gasteiger partial charge on any atom is 0.213 e. The fraction of sp³-hybridized carbons (Fsp3) is 0.889. The van der Waals surface area contributed by atoms with E-state index in [0.29, 0.717) is 25.9 Å². The topological polar surface area (TPSA) is 64.4 Å². The summed E-state index contributed by atoms with van der Waals surface area (Å²) in [7, 11) is 2.20. The minimum Gasteiger partial charge on any atom is -0.308 e. The molecule has 0 N–H and O–H groups in total. The number of sulfonamides is 1. The van der Waals surface area contributed by atoms with Crippen LogP contribution in [0.3, 0.4) is 0 Å². The number of likely N-dealkylation sites (N-methyl/N-ethyl adjacent to an activating group) is 2.